The van der Waals surface area contributed by atoms with Crippen molar-refractivity contribution >= 4 is 29.2 Å². The lowest BCUT2D eigenvalue weighted by Gasteiger charge is -2.18. The predicted molar refractivity (Wildman–Crippen MR) is 79.7 cm³/mol. The van der Waals surface area contributed by atoms with Crippen LogP contribution in [0.5, 0.6) is 0 Å². The smallest absolute Gasteiger partial charge is 0.337 e. The van der Waals surface area contributed by atoms with Gasteiger partial charge < -0.3 is 15.2 Å². The second-order valence-electron chi connectivity index (χ2n) is 5.42. The minimum atomic E-state index is -1.11. The van der Waals surface area contributed by atoms with Gasteiger partial charge in [0, 0.05) is 5.02 Å². The molecule has 6 heteroatoms. The average molecular weight is 312 g/mol. The Kier molecular flexibility index (Phi) is 4.54. The number of carbonyl (C=O) groups excluding carboxylic acids is 1. The van der Waals surface area contributed by atoms with Gasteiger partial charge in [0.05, 0.1) is 29.4 Å². The van der Waals surface area contributed by atoms with E-state index in [2.05, 4.69) is 5.32 Å². The Labute approximate surface area is 128 Å². The first-order valence-electron chi connectivity index (χ1n) is 6.80. The number of aromatic carboxylic acids is 1. The molecule has 5 nitrogen and oxygen atoms in total. The number of halogens is 1. The SMILES string of the molecule is CC1OC(C)C(C(=O)Nc2cc(Cl)ccc2C(=O)O)C1C. The molecular formula is C15H18ClNO4. The van der Waals surface area contributed by atoms with Gasteiger partial charge >= 0.3 is 5.97 Å². The first kappa shape index (κ1) is 15.8. The maximum atomic E-state index is 12.4. The van der Waals surface area contributed by atoms with E-state index in [-0.39, 0.29) is 41.2 Å². The second-order valence-corrected chi connectivity index (χ2v) is 5.85. The van der Waals surface area contributed by atoms with Crippen molar-refractivity contribution < 1.29 is 19.4 Å². The highest BCUT2D eigenvalue weighted by Crippen LogP contribution is 2.33. The summed E-state index contributed by atoms with van der Waals surface area (Å²) in [5.41, 5.74) is 0.221. The molecular weight excluding hydrogens is 294 g/mol. The molecule has 1 heterocycles. The van der Waals surface area contributed by atoms with E-state index in [1.165, 1.54) is 18.2 Å². The number of hydrogen-bond donors (Lipinski definition) is 2. The van der Waals surface area contributed by atoms with E-state index in [0.29, 0.717) is 5.02 Å². The molecule has 4 unspecified atom stereocenters. The van der Waals surface area contributed by atoms with Crippen molar-refractivity contribution in [2.75, 3.05) is 5.32 Å². The van der Waals surface area contributed by atoms with Gasteiger partial charge in [-0.1, -0.05) is 18.5 Å². The molecule has 1 aliphatic heterocycles. The van der Waals surface area contributed by atoms with Crippen molar-refractivity contribution in [3.05, 3.63) is 28.8 Å². The van der Waals surface area contributed by atoms with Crippen molar-refractivity contribution in [1.29, 1.82) is 0 Å². The first-order valence-corrected chi connectivity index (χ1v) is 7.18. The Hall–Kier alpha value is -1.59. The molecule has 0 aromatic heterocycles. The molecule has 114 valence electrons. The maximum Gasteiger partial charge on any atom is 0.337 e. The lowest BCUT2D eigenvalue weighted by Crippen LogP contribution is -2.32. The molecule has 1 saturated heterocycles. The van der Waals surface area contributed by atoms with E-state index in [1.807, 2.05) is 20.8 Å². The molecule has 1 amide bonds. The topological polar surface area (TPSA) is 75.6 Å². The van der Waals surface area contributed by atoms with Crippen LogP contribution in [0.3, 0.4) is 0 Å². The maximum absolute atomic E-state index is 12.4. The number of rotatable bonds is 3. The highest BCUT2D eigenvalue weighted by Gasteiger charge is 2.41. The van der Waals surface area contributed by atoms with Gasteiger partial charge in [0.15, 0.2) is 0 Å². The normalized spacial score (nSPS) is 28.4. The standard InChI is InChI=1S/C15H18ClNO4/c1-7-8(2)21-9(3)13(7)14(18)17-12-6-10(16)4-5-11(12)15(19)20/h4-9,13H,1-3H3,(H,17,18)(H,19,20). The van der Waals surface area contributed by atoms with Gasteiger partial charge in [-0.3, -0.25) is 4.79 Å². The number of amides is 1. The summed E-state index contributed by atoms with van der Waals surface area (Å²) in [4.78, 5) is 23.6. The third kappa shape index (κ3) is 3.19. The molecule has 2 rings (SSSR count). The lowest BCUT2D eigenvalue weighted by atomic mass is 9.88. The number of hydrogen-bond acceptors (Lipinski definition) is 3. The third-order valence-electron chi connectivity index (χ3n) is 4.01. The predicted octanol–water partition coefficient (Wildman–Crippen LogP) is 3.04. The van der Waals surface area contributed by atoms with Crippen molar-refractivity contribution in [2.45, 2.75) is 33.0 Å². The number of carboxylic acid groups (broad SMARTS) is 1. The summed E-state index contributed by atoms with van der Waals surface area (Å²) < 4.78 is 5.64. The third-order valence-corrected chi connectivity index (χ3v) is 4.25. The van der Waals surface area contributed by atoms with Crippen LogP contribution in [0.25, 0.3) is 0 Å². The zero-order valence-electron chi connectivity index (χ0n) is 12.1. The van der Waals surface area contributed by atoms with E-state index >= 15 is 0 Å². The highest BCUT2D eigenvalue weighted by molar-refractivity contribution is 6.31. The summed E-state index contributed by atoms with van der Waals surface area (Å²) in [6.45, 7) is 5.73. The van der Waals surface area contributed by atoms with Crippen molar-refractivity contribution in [1.82, 2.24) is 0 Å². The minimum Gasteiger partial charge on any atom is -0.478 e. The van der Waals surface area contributed by atoms with Gasteiger partial charge in [0.2, 0.25) is 5.91 Å². The van der Waals surface area contributed by atoms with E-state index in [9.17, 15) is 9.59 Å². The molecule has 0 saturated carbocycles. The van der Waals surface area contributed by atoms with E-state index < -0.39 is 5.97 Å². The monoisotopic (exact) mass is 311 g/mol. The molecule has 0 bridgehead atoms. The molecule has 1 aromatic rings. The van der Waals surface area contributed by atoms with E-state index in [1.54, 1.807) is 0 Å². The zero-order chi connectivity index (χ0) is 15.7. The van der Waals surface area contributed by atoms with Crippen molar-refractivity contribution in [3.63, 3.8) is 0 Å². The number of carboxylic acids is 1. The summed E-state index contributed by atoms with van der Waals surface area (Å²) >= 11 is 5.88. The van der Waals surface area contributed by atoms with Gasteiger partial charge in [-0.25, -0.2) is 4.79 Å². The van der Waals surface area contributed by atoms with E-state index in [0.717, 1.165) is 0 Å². The summed E-state index contributed by atoms with van der Waals surface area (Å²) in [5.74, 6) is -1.61. The fraction of sp³-hybridized carbons (Fsp3) is 0.467. The van der Waals surface area contributed by atoms with Crippen LogP contribution in [-0.2, 0) is 9.53 Å². The van der Waals surface area contributed by atoms with Crippen molar-refractivity contribution in [3.8, 4) is 0 Å². The van der Waals surface area contributed by atoms with E-state index in [4.69, 9.17) is 21.4 Å². The Bertz CT molecular complexity index is 575. The summed E-state index contributed by atoms with van der Waals surface area (Å²) in [6.07, 6.45) is -0.212. The van der Waals surface area contributed by atoms with Gasteiger partial charge in [0.25, 0.3) is 0 Å². The molecule has 0 spiro atoms. The lowest BCUT2D eigenvalue weighted by molar-refractivity contribution is -0.121. The van der Waals surface area contributed by atoms with Crippen LogP contribution in [0.15, 0.2) is 18.2 Å². The molecule has 1 fully saturated rings. The Morgan fingerprint density at radius 3 is 2.43 bits per heavy atom. The molecule has 0 aliphatic carbocycles. The number of carbonyl (C=O) groups is 2. The second kappa shape index (κ2) is 6.03. The van der Waals surface area contributed by atoms with Gasteiger partial charge in [-0.15, -0.1) is 0 Å². The highest BCUT2D eigenvalue weighted by atomic mass is 35.5. The van der Waals surface area contributed by atoms with Gasteiger partial charge in [0.1, 0.15) is 0 Å². The number of ether oxygens (including phenoxy) is 1. The average Bonchev–Trinajstić information content (AvgIpc) is 2.62. The zero-order valence-corrected chi connectivity index (χ0v) is 12.8. The summed E-state index contributed by atoms with van der Waals surface area (Å²) in [7, 11) is 0. The molecule has 1 aromatic carbocycles. The number of benzene rings is 1. The van der Waals surface area contributed by atoms with Crippen LogP contribution >= 0.6 is 11.6 Å². The minimum absolute atomic E-state index is 0.00550. The largest absolute Gasteiger partial charge is 0.478 e. The quantitative estimate of drug-likeness (QED) is 0.899. The van der Waals surface area contributed by atoms with Crippen LogP contribution in [0.4, 0.5) is 5.69 Å². The van der Waals surface area contributed by atoms with Crippen LogP contribution < -0.4 is 5.32 Å². The van der Waals surface area contributed by atoms with Crippen LogP contribution in [0.2, 0.25) is 5.02 Å². The molecule has 1 aliphatic rings. The molecule has 21 heavy (non-hydrogen) atoms. The number of nitrogens with one attached hydrogen (secondary N) is 1. The molecule has 2 N–H and O–H groups in total. The van der Waals surface area contributed by atoms with Gasteiger partial charge in [-0.2, -0.15) is 0 Å². The molecule has 0 radical (unpaired) electrons. The Morgan fingerprint density at radius 1 is 1.24 bits per heavy atom. The Morgan fingerprint density at radius 2 is 1.90 bits per heavy atom. The van der Waals surface area contributed by atoms with Crippen LogP contribution in [0.1, 0.15) is 31.1 Å². The molecule has 4 atom stereocenters. The summed E-state index contributed by atoms with van der Waals surface area (Å²) in [6, 6.07) is 4.30. The van der Waals surface area contributed by atoms with Crippen LogP contribution in [-0.4, -0.2) is 29.2 Å². The summed E-state index contributed by atoms with van der Waals surface area (Å²) in [5, 5.41) is 12.2. The van der Waals surface area contributed by atoms with Gasteiger partial charge in [-0.05, 0) is 38.0 Å². The van der Waals surface area contributed by atoms with Crippen LogP contribution in [0, 0.1) is 11.8 Å². The fourth-order valence-corrected chi connectivity index (χ4v) is 2.91. The first-order chi connectivity index (χ1) is 9.81. The number of anilines is 1. The van der Waals surface area contributed by atoms with Crippen molar-refractivity contribution in [2.24, 2.45) is 11.8 Å². The fourth-order valence-electron chi connectivity index (χ4n) is 2.74. The Balaban J connectivity index is 2.24.